The highest BCUT2D eigenvalue weighted by molar-refractivity contribution is 5.93. The summed E-state index contributed by atoms with van der Waals surface area (Å²) >= 11 is 0. The molecule has 0 aromatic carbocycles. The number of aromatic nitrogens is 7. The number of carbonyl (C=O) groups excluding carboxylic acids is 1. The molecule has 0 aliphatic heterocycles. The third kappa shape index (κ3) is 5.62. The molecule has 0 aliphatic rings. The molecule has 13 nitrogen and oxygen atoms in total. The van der Waals surface area contributed by atoms with Gasteiger partial charge in [0.25, 0.3) is 5.56 Å². The Morgan fingerprint density at radius 2 is 1.95 bits per heavy atom. The van der Waals surface area contributed by atoms with E-state index in [0.717, 1.165) is 10.6 Å². The maximum Gasteiger partial charge on any atom is 0.421 e. The number of carbonyl (C=O) groups is 1. The first-order valence-corrected chi connectivity index (χ1v) is 13.0. The lowest BCUT2D eigenvalue weighted by Gasteiger charge is -2.16. The summed E-state index contributed by atoms with van der Waals surface area (Å²) < 4.78 is 54.4. The number of fused-ring (bicyclic) bond motifs is 1. The van der Waals surface area contributed by atoms with Crippen molar-refractivity contribution in [1.29, 1.82) is 0 Å². The SMILES string of the molecule is CCOc1ncc(-c2cccc(NC(=O)C(C)n3cnc4c3c(=O)n(Cc3cc(C)on3)c(=O)n4C)n2)cc1C(F)(F)F. The van der Waals surface area contributed by atoms with E-state index in [9.17, 15) is 27.6 Å². The average molecular weight is 599 g/mol. The Morgan fingerprint density at radius 3 is 2.63 bits per heavy atom. The van der Waals surface area contributed by atoms with Gasteiger partial charge in [0, 0.05) is 24.9 Å². The van der Waals surface area contributed by atoms with E-state index in [0.29, 0.717) is 11.5 Å². The first-order valence-electron chi connectivity index (χ1n) is 13.0. The van der Waals surface area contributed by atoms with Gasteiger partial charge in [-0.05, 0) is 39.0 Å². The van der Waals surface area contributed by atoms with Crippen LogP contribution in [0.15, 0.2) is 57.0 Å². The number of halogens is 3. The molecular weight excluding hydrogens is 573 g/mol. The first kappa shape index (κ1) is 29.2. The van der Waals surface area contributed by atoms with Crippen LogP contribution in [0.25, 0.3) is 22.4 Å². The molecule has 43 heavy (non-hydrogen) atoms. The van der Waals surface area contributed by atoms with E-state index >= 15 is 0 Å². The highest BCUT2D eigenvalue weighted by atomic mass is 19.4. The Balaban J connectivity index is 1.44. The van der Waals surface area contributed by atoms with Gasteiger partial charge in [-0.15, -0.1) is 0 Å². The van der Waals surface area contributed by atoms with Gasteiger partial charge in [-0.2, -0.15) is 13.2 Å². The molecule has 5 aromatic rings. The molecule has 5 rings (SSSR count). The summed E-state index contributed by atoms with van der Waals surface area (Å²) in [6, 6.07) is 5.91. The van der Waals surface area contributed by atoms with Crippen LogP contribution >= 0.6 is 0 Å². The van der Waals surface area contributed by atoms with Crippen molar-refractivity contribution in [1.82, 2.24) is 33.8 Å². The van der Waals surface area contributed by atoms with Crippen LogP contribution in [0.1, 0.15) is 36.9 Å². The van der Waals surface area contributed by atoms with Crippen molar-refractivity contribution in [2.24, 2.45) is 7.05 Å². The van der Waals surface area contributed by atoms with Crippen LogP contribution in [-0.2, 0) is 24.6 Å². The molecule has 16 heteroatoms. The van der Waals surface area contributed by atoms with Gasteiger partial charge in [-0.25, -0.2) is 19.7 Å². The molecule has 0 saturated carbocycles. The summed E-state index contributed by atoms with van der Waals surface area (Å²) in [5.41, 5.74) is -1.73. The Labute approximate surface area is 240 Å². The maximum absolute atomic E-state index is 13.6. The molecule has 224 valence electrons. The quantitative estimate of drug-likeness (QED) is 0.284. The van der Waals surface area contributed by atoms with Crippen molar-refractivity contribution in [3.8, 4) is 17.1 Å². The lowest BCUT2D eigenvalue weighted by molar-refractivity contribution is -0.139. The Bertz CT molecular complexity index is 1960. The smallest absolute Gasteiger partial charge is 0.421 e. The van der Waals surface area contributed by atoms with Gasteiger partial charge in [0.05, 0.1) is 25.2 Å². The number of imidazole rings is 1. The molecule has 0 aliphatic carbocycles. The van der Waals surface area contributed by atoms with Crippen LogP contribution in [0.5, 0.6) is 5.88 Å². The van der Waals surface area contributed by atoms with E-state index < -0.39 is 40.8 Å². The predicted octanol–water partition coefficient (Wildman–Crippen LogP) is 3.32. The van der Waals surface area contributed by atoms with Crippen molar-refractivity contribution >= 4 is 22.9 Å². The minimum Gasteiger partial charge on any atom is -0.478 e. The molecule has 0 bridgehead atoms. The van der Waals surface area contributed by atoms with Crippen LogP contribution in [0.4, 0.5) is 19.0 Å². The normalized spacial score (nSPS) is 12.4. The number of hydrogen-bond acceptors (Lipinski definition) is 9. The lowest BCUT2D eigenvalue weighted by atomic mass is 10.1. The predicted molar refractivity (Wildman–Crippen MR) is 147 cm³/mol. The lowest BCUT2D eigenvalue weighted by Crippen LogP contribution is -2.40. The van der Waals surface area contributed by atoms with Crippen LogP contribution in [0.2, 0.25) is 0 Å². The van der Waals surface area contributed by atoms with Crippen LogP contribution in [-0.4, -0.2) is 46.3 Å². The molecule has 0 fully saturated rings. The van der Waals surface area contributed by atoms with Crippen LogP contribution < -0.4 is 21.3 Å². The van der Waals surface area contributed by atoms with Gasteiger partial charge < -0.3 is 19.1 Å². The second-order valence-electron chi connectivity index (χ2n) is 9.57. The van der Waals surface area contributed by atoms with E-state index in [2.05, 4.69) is 25.4 Å². The van der Waals surface area contributed by atoms with E-state index in [1.54, 1.807) is 19.9 Å². The van der Waals surface area contributed by atoms with Gasteiger partial charge >= 0.3 is 11.9 Å². The summed E-state index contributed by atoms with van der Waals surface area (Å²) in [5, 5.41) is 6.46. The summed E-state index contributed by atoms with van der Waals surface area (Å²) in [5.74, 6) is -0.588. The molecule has 1 atom stereocenters. The van der Waals surface area contributed by atoms with Crippen LogP contribution in [0.3, 0.4) is 0 Å². The van der Waals surface area contributed by atoms with E-state index in [1.807, 2.05) is 0 Å². The van der Waals surface area contributed by atoms with Crippen molar-refractivity contribution in [3.63, 3.8) is 0 Å². The molecular formula is C27H25F3N8O5. The molecule has 5 heterocycles. The molecule has 0 saturated heterocycles. The summed E-state index contributed by atoms with van der Waals surface area (Å²) in [7, 11) is 1.45. The largest absolute Gasteiger partial charge is 0.478 e. The fraction of sp³-hybridized carbons (Fsp3) is 0.296. The zero-order valence-corrected chi connectivity index (χ0v) is 23.3. The van der Waals surface area contributed by atoms with Gasteiger partial charge in [0.2, 0.25) is 11.8 Å². The zero-order valence-electron chi connectivity index (χ0n) is 23.3. The standard InChI is InChI=1S/C27H25F3N8O5/c1-5-42-24-18(27(28,29)30)10-16(11-31-24)19-7-6-8-20(33-19)34-23(39)15(3)38-13-32-22-21(38)25(40)37(26(41)36(22)4)12-17-9-14(2)43-35-17/h6-11,13,15H,5,12H2,1-4H3,(H,33,34,39). The average Bonchev–Trinajstić information content (AvgIpc) is 3.60. The first-order chi connectivity index (χ1) is 20.4. The van der Waals surface area contributed by atoms with Gasteiger partial charge in [0.15, 0.2) is 11.2 Å². The molecule has 1 unspecified atom stereocenters. The van der Waals surface area contributed by atoms with Gasteiger partial charge in [0.1, 0.15) is 28.9 Å². The minimum atomic E-state index is -4.71. The number of nitrogens with one attached hydrogen (secondary N) is 1. The van der Waals surface area contributed by atoms with Crippen molar-refractivity contribution in [2.75, 3.05) is 11.9 Å². The Kier molecular flexibility index (Phi) is 7.60. The number of anilines is 1. The second-order valence-corrected chi connectivity index (χ2v) is 9.57. The van der Waals surface area contributed by atoms with E-state index in [-0.39, 0.29) is 41.4 Å². The number of ether oxygens (including phenoxy) is 1. The number of nitrogens with zero attached hydrogens (tertiary/aromatic N) is 7. The van der Waals surface area contributed by atoms with Crippen molar-refractivity contribution < 1.29 is 27.2 Å². The van der Waals surface area contributed by atoms with Crippen molar-refractivity contribution in [2.45, 2.75) is 39.5 Å². The maximum atomic E-state index is 13.6. The topological polar surface area (TPSA) is 152 Å². The van der Waals surface area contributed by atoms with Crippen LogP contribution in [0, 0.1) is 6.92 Å². The number of rotatable bonds is 8. The number of amides is 1. The summed E-state index contributed by atoms with van der Waals surface area (Å²) in [6.07, 6.45) is -2.24. The summed E-state index contributed by atoms with van der Waals surface area (Å²) in [4.78, 5) is 51.9. The monoisotopic (exact) mass is 598 g/mol. The third-order valence-corrected chi connectivity index (χ3v) is 6.58. The van der Waals surface area contributed by atoms with Crippen molar-refractivity contribution in [3.05, 3.63) is 80.7 Å². The fourth-order valence-corrected chi connectivity index (χ4v) is 4.45. The number of aryl methyl sites for hydroxylation is 2. The highest BCUT2D eigenvalue weighted by Crippen LogP contribution is 2.37. The highest BCUT2D eigenvalue weighted by Gasteiger charge is 2.36. The number of alkyl halides is 3. The molecule has 0 radical (unpaired) electrons. The summed E-state index contributed by atoms with van der Waals surface area (Å²) in [6.45, 7) is 4.59. The zero-order chi connectivity index (χ0) is 31.1. The number of hydrogen-bond donors (Lipinski definition) is 1. The molecule has 1 N–H and O–H groups in total. The Morgan fingerprint density at radius 1 is 1.19 bits per heavy atom. The van der Waals surface area contributed by atoms with Gasteiger partial charge in [-0.3, -0.25) is 18.7 Å². The fourth-order valence-electron chi connectivity index (χ4n) is 4.45. The van der Waals surface area contributed by atoms with E-state index in [1.165, 1.54) is 53.8 Å². The Hall–Kier alpha value is -5.28. The number of pyridine rings is 2. The second kappa shape index (κ2) is 11.2. The van der Waals surface area contributed by atoms with E-state index in [4.69, 9.17) is 9.26 Å². The third-order valence-electron chi connectivity index (χ3n) is 6.58. The molecule has 5 aromatic heterocycles. The minimum absolute atomic E-state index is 0.00498. The molecule has 1 amide bonds. The molecule has 0 spiro atoms. The van der Waals surface area contributed by atoms with Gasteiger partial charge in [-0.1, -0.05) is 11.2 Å².